The van der Waals surface area contributed by atoms with Gasteiger partial charge in [0.2, 0.25) is 0 Å². The van der Waals surface area contributed by atoms with Crippen LogP contribution >= 0.6 is 11.6 Å². The molecule has 4 aromatic rings. The van der Waals surface area contributed by atoms with Crippen LogP contribution in [0.15, 0.2) is 71.1 Å². The summed E-state index contributed by atoms with van der Waals surface area (Å²) in [7, 11) is 0. The Morgan fingerprint density at radius 2 is 1.77 bits per heavy atom. The molecular formula is C21H13ClF2O2. The van der Waals surface area contributed by atoms with E-state index in [4.69, 9.17) is 20.8 Å². The molecule has 3 aromatic carbocycles. The fourth-order valence-electron chi connectivity index (χ4n) is 2.87. The second-order valence-electron chi connectivity index (χ2n) is 5.80. The highest BCUT2D eigenvalue weighted by Crippen LogP contribution is 2.33. The first-order valence-corrected chi connectivity index (χ1v) is 8.34. The van der Waals surface area contributed by atoms with Crippen molar-refractivity contribution in [2.45, 2.75) is 6.61 Å². The predicted molar refractivity (Wildman–Crippen MR) is 97.4 cm³/mol. The summed E-state index contributed by atoms with van der Waals surface area (Å²) in [5.74, 6) is 0.274. The standard InChI is InChI=1S/C21H13ClF2O2/c22-18-9-8-14(21-17(18)11-20(24)26-21)12-25-19-7-2-1-6-16(19)13-4-3-5-15(23)10-13/h1-11H,12H2. The van der Waals surface area contributed by atoms with Crippen molar-refractivity contribution in [3.63, 3.8) is 0 Å². The van der Waals surface area contributed by atoms with Gasteiger partial charge in [-0.15, -0.1) is 0 Å². The van der Waals surface area contributed by atoms with Crippen LogP contribution < -0.4 is 4.74 Å². The Kier molecular flexibility index (Phi) is 4.35. The molecule has 0 N–H and O–H groups in total. The Bertz CT molecular complexity index is 1090. The molecule has 0 radical (unpaired) electrons. The van der Waals surface area contributed by atoms with Crippen molar-refractivity contribution in [3.05, 3.63) is 89.1 Å². The fourth-order valence-corrected chi connectivity index (χ4v) is 3.08. The molecule has 0 bridgehead atoms. The van der Waals surface area contributed by atoms with Gasteiger partial charge in [0.25, 0.3) is 6.01 Å². The Hall–Kier alpha value is -2.85. The van der Waals surface area contributed by atoms with Crippen LogP contribution in [0.4, 0.5) is 8.78 Å². The number of fused-ring (bicyclic) bond motifs is 1. The van der Waals surface area contributed by atoms with Crippen LogP contribution in [0.5, 0.6) is 5.75 Å². The molecule has 1 aromatic heterocycles. The first kappa shape index (κ1) is 16.6. The van der Waals surface area contributed by atoms with Gasteiger partial charge < -0.3 is 9.15 Å². The van der Waals surface area contributed by atoms with Crippen LogP contribution in [0, 0.1) is 11.8 Å². The summed E-state index contributed by atoms with van der Waals surface area (Å²) in [5, 5.41) is 0.917. The molecule has 5 heteroatoms. The highest BCUT2D eigenvalue weighted by atomic mass is 35.5. The van der Waals surface area contributed by atoms with Crippen molar-refractivity contribution in [2.75, 3.05) is 0 Å². The normalized spacial score (nSPS) is 11.0. The largest absolute Gasteiger partial charge is 0.488 e. The molecule has 0 atom stereocenters. The third kappa shape index (κ3) is 3.16. The molecular weight excluding hydrogens is 358 g/mol. The second kappa shape index (κ2) is 6.81. The van der Waals surface area contributed by atoms with Crippen LogP contribution in [-0.4, -0.2) is 0 Å². The second-order valence-corrected chi connectivity index (χ2v) is 6.20. The molecule has 0 unspecified atom stereocenters. The van der Waals surface area contributed by atoms with E-state index in [0.717, 1.165) is 5.56 Å². The minimum atomic E-state index is -0.700. The first-order chi connectivity index (χ1) is 12.6. The molecule has 0 amide bonds. The molecule has 2 nitrogen and oxygen atoms in total. The van der Waals surface area contributed by atoms with E-state index in [1.807, 2.05) is 24.3 Å². The molecule has 0 aliphatic carbocycles. The molecule has 0 saturated carbocycles. The van der Waals surface area contributed by atoms with Gasteiger partial charge in [0, 0.05) is 22.6 Å². The molecule has 0 spiro atoms. The summed E-state index contributed by atoms with van der Waals surface area (Å²) in [4.78, 5) is 0. The molecule has 0 fully saturated rings. The van der Waals surface area contributed by atoms with Gasteiger partial charge in [-0.3, -0.25) is 0 Å². The van der Waals surface area contributed by atoms with Crippen molar-refractivity contribution in [2.24, 2.45) is 0 Å². The SMILES string of the molecule is Fc1cccc(-c2ccccc2OCc2ccc(Cl)c3cc(F)oc23)c1. The highest BCUT2D eigenvalue weighted by molar-refractivity contribution is 6.35. The number of para-hydroxylation sites is 1. The average molecular weight is 371 g/mol. The van der Waals surface area contributed by atoms with Crippen molar-refractivity contribution in [3.8, 4) is 16.9 Å². The summed E-state index contributed by atoms with van der Waals surface area (Å²) in [6.45, 7) is 0.160. The average Bonchev–Trinajstić information content (AvgIpc) is 3.04. The molecule has 26 heavy (non-hydrogen) atoms. The first-order valence-electron chi connectivity index (χ1n) is 7.96. The van der Waals surface area contributed by atoms with Crippen LogP contribution in [0.1, 0.15) is 5.56 Å². The highest BCUT2D eigenvalue weighted by Gasteiger charge is 2.13. The van der Waals surface area contributed by atoms with Gasteiger partial charge in [0.1, 0.15) is 23.8 Å². The van der Waals surface area contributed by atoms with E-state index < -0.39 is 6.01 Å². The minimum absolute atomic E-state index is 0.160. The lowest BCUT2D eigenvalue weighted by Gasteiger charge is -2.12. The number of halogens is 3. The van der Waals surface area contributed by atoms with Gasteiger partial charge in [-0.1, -0.05) is 48.0 Å². The fraction of sp³-hybridized carbons (Fsp3) is 0.0476. The number of rotatable bonds is 4. The third-order valence-corrected chi connectivity index (χ3v) is 4.42. The predicted octanol–water partition coefficient (Wildman–Crippen LogP) is 6.61. The van der Waals surface area contributed by atoms with Gasteiger partial charge in [-0.25, -0.2) is 4.39 Å². The maximum atomic E-state index is 13.5. The van der Waals surface area contributed by atoms with E-state index in [1.54, 1.807) is 24.3 Å². The maximum Gasteiger partial charge on any atom is 0.278 e. The van der Waals surface area contributed by atoms with Crippen molar-refractivity contribution < 1.29 is 17.9 Å². The molecule has 130 valence electrons. The van der Waals surface area contributed by atoms with Crippen LogP contribution in [-0.2, 0) is 6.61 Å². The van der Waals surface area contributed by atoms with Gasteiger partial charge in [0.15, 0.2) is 0 Å². The summed E-state index contributed by atoms with van der Waals surface area (Å²) in [6, 6.07) is 17.6. The molecule has 0 aliphatic heterocycles. The van der Waals surface area contributed by atoms with Gasteiger partial charge >= 0.3 is 0 Å². The lowest BCUT2D eigenvalue weighted by atomic mass is 10.0. The zero-order valence-corrected chi connectivity index (χ0v) is 14.3. The van der Waals surface area contributed by atoms with Crippen LogP contribution in [0.25, 0.3) is 22.1 Å². The maximum absolute atomic E-state index is 13.5. The van der Waals surface area contributed by atoms with E-state index in [0.29, 0.717) is 32.9 Å². The topological polar surface area (TPSA) is 22.4 Å². The van der Waals surface area contributed by atoms with E-state index in [2.05, 4.69) is 0 Å². The third-order valence-electron chi connectivity index (χ3n) is 4.09. The van der Waals surface area contributed by atoms with Crippen LogP contribution in [0.2, 0.25) is 5.02 Å². The summed E-state index contributed by atoms with van der Waals surface area (Å²) < 4.78 is 38.1. The molecule has 0 aliphatic rings. The van der Waals surface area contributed by atoms with Gasteiger partial charge in [-0.05, 0) is 29.8 Å². The molecule has 1 heterocycles. The Morgan fingerprint density at radius 1 is 0.923 bits per heavy atom. The smallest absolute Gasteiger partial charge is 0.278 e. The van der Waals surface area contributed by atoms with Gasteiger partial charge in [0.05, 0.1) is 5.02 Å². The Morgan fingerprint density at radius 3 is 2.62 bits per heavy atom. The van der Waals surface area contributed by atoms with Gasteiger partial charge in [-0.2, -0.15) is 4.39 Å². The number of benzene rings is 3. The zero-order chi connectivity index (χ0) is 18.1. The number of hydrogen-bond donors (Lipinski definition) is 0. The van der Waals surface area contributed by atoms with E-state index >= 15 is 0 Å². The molecule has 4 rings (SSSR count). The van der Waals surface area contributed by atoms with Crippen molar-refractivity contribution >= 4 is 22.6 Å². The van der Waals surface area contributed by atoms with E-state index in [9.17, 15) is 8.78 Å². The van der Waals surface area contributed by atoms with E-state index in [-0.39, 0.29) is 12.4 Å². The number of furan rings is 1. The van der Waals surface area contributed by atoms with Crippen LogP contribution in [0.3, 0.4) is 0 Å². The van der Waals surface area contributed by atoms with Crippen molar-refractivity contribution in [1.82, 2.24) is 0 Å². The number of ether oxygens (including phenoxy) is 1. The summed E-state index contributed by atoms with van der Waals surface area (Å²) in [5.41, 5.74) is 2.51. The lowest BCUT2D eigenvalue weighted by Crippen LogP contribution is -1.97. The molecule has 0 saturated heterocycles. The number of hydrogen-bond acceptors (Lipinski definition) is 2. The van der Waals surface area contributed by atoms with E-state index in [1.165, 1.54) is 18.2 Å². The van der Waals surface area contributed by atoms with Crippen molar-refractivity contribution in [1.29, 1.82) is 0 Å². The quantitative estimate of drug-likeness (QED) is 0.403. The minimum Gasteiger partial charge on any atom is -0.488 e. The Balaban J connectivity index is 1.67. The monoisotopic (exact) mass is 370 g/mol. The Labute approximate surface area is 153 Å². The zero-order valence-electron chi connectivity index (χ0n) is 13.5. The summed E-state index contributed by atoms with van der Waals surface area (Å²) in [6.07, 6.45) is 0. The lowest BCUT2D eigenvalue weighted by molar-refractivity contribution is 0.304. The summed E-state index contributed by atoms with van der Waals surface area (Å²) >= 11 is 6.08.